The first-order valence-electron chi connectivity index (χ1n) is 6.77. The van der Waals surface area contributed by atoms with Gasteiger partial charge in [-0.25, -0.2) is 0 Å². The van der Waals surface area contributed by atoms with Crippen LogP contribution in [0.2, 0.25) is 0 Å². The summed E-state index contributed by atoms with van der Waals surface area (Å²) in [6.07, 6.45) is 4.93. The number of methoxy groups -OCH3 is 3. The zero-order valence-electron chi connectivity index (χ0n) is 11.9. The Labute approximate surface area is 114 Å². The van der Waals surface area contributed by atoms with Crippen molar-refractivity contribution in [2.75, 3.05) is 21.3 Å². The van der Waals surface area contributed by atoms with E-state index >= 15 is 0 Å². The number of benzene rings is 1. The summed E-state index contributed by atoms with van der Waals surface area (Å²) in [4.78, 5) is 0. The van der Waals surface area contributed by atoms with Gasteiger partial charge in [-0.3, -0.25) is 0 Å². The molecule has 2 N–H and O–H groups in total. The standard InChI is InChI=1S/C15H23NO3/c1-17-12-9-8-11(14(18-2)15(12)19-3)13(16)10-6-4-5-7-10/h8-10,13H,4-7,16H2,1-3H3. The van der Waals surface area contributed by atoms with Crippen molar-refractivity contribution in [3.05, 3.63) is 17.7 Å². The fraction of sp³-hybridized carbons (Fsp3) is 0.600. The molecule has 1 aliphatic rings. The van der Waals surface area contributed by atoms with Crippen molar-refractivity contribution < 1.29 is 14.2 Å². The minimum absolute atomic E-state index is 0.00254. The van der Waals surface area contributed by atoms with Gasteiger partial charge >= 0.3 is 0 Å². The first kappa shape index (κ1) is 14.0. The van der Waals surface area contributed by atoms with E-state index in [0.29, 0.717) is 23.2 Å². The van der Waals surface area contributed by atoms with Gasteiger partial charge in [-0.15, -0.1) is 0 Å². The molecule has 1 fully saturated rings. The molecule has 1 aliphatic carbocycles. The lowest BCUT2D eigenvalue weighted by Crippen LogP contribution is -2.20. The van der Waals surface area contributed by atoms with Crippen molar-refractivity contribution in [2.45, 2.75) is 31.7 Å². The minimum atomic E-state index is -0.00254. The topological polar surface area (TPSA) is 53.7 Å². The Morgan fingerprint density at radius 2 is 1.63 bits per heavy atom. The van der Waals surface area contributed by atoms with Crippen LogP contribution in [0.15, 0.2) is 12.1 Å². The molecule has 19 heavy (non-hydrogen) atoms. The highest BCUT2D eigenvalue weighted by atomic mass is 16.5. The van der Waals surface area contributed by atoms with E-state index in [9.17, 15) is 0 Å². The predicted octanol–water partition coefficient (Wildman–Crippen LogP) is 2.90. The lowest BCUT2D eigenvalue weighted by molar-refractivity contribution is 0.316. The van der Waals surface area contributed by atoms with E-state index < -0.39 is 0 Å². The highest BCUT2D eigenvalue weighted by molar-refractivity contribution is 5.56. The zero-order chi connectivity index (χ0) is 13.8. The van der Waals surface area contributed by atoms with Crippen LogP contribution in [-0.4, -0.2) is 21.3 Å². The Bertz CT molecular complexity index is 428. The molecule has 0 radical (unpaired) electrons. The summed E-state index contributed by atoms with van der Waals surface area (Å²) in [6.45, 7) is 0. The molecule has 0 heterocycles. The van der Waals surface area contributed by atoms with Gasteiger partial charge in [0.25, 0.3) is 0 Å². The molecular weight excluding hydrogens is 242 g/mol. The number of rotatable bonds is 5. The van der Waals surface area contributed by atoms with E-state index in [2.05, 4.69) is 0 Å². The summed E-state index contributed by atoms with van der Waals surface area (Å²) in [6, 6.07) is 3.88. The van der Waals surface area contributed by atoms with E-state index in [1.165, 1.54) is 25.7 Å². The molecule has 1 unspecified atom stereocenters. The van der Waals surface area contributed by atoms with Gasteiger partial charge in [-0.05, 0) is 30.9 Å². The minimum Gasteiger partial charge on any atom is -0.493 e. The highest BCUT2D eigenvalue weighted by Gasteiger charge is 2.27. The third kappa shape index (κ3) is 2.63. The van der Waals surface area contributed by atoms with Gasteiger partial charge in [-0.2, -0.15) is 0 Å². The molecule has 0 aromatic heterocycles. The van der Waals surface area contributed by atoms with Gasteiger partial charge in [0, 0.05) is 11.6 Å². The molecule has 4 heteroatoms. The molecular formula is C15H23NO3. The number of ether oxygens (including phenoxy) is 3. The van der Waals surface area contributed by atoms with Crippen molar-refractivity contribution in [3.8, 4) is 17.2 Å². The maximum Gasteiger partial charge on any atom is 0.203 e. The molecule has 1 aromatic rings. The van der Waals surface area contributed by atoms with Crippen molar-refractivity contribution in [2.24, 2.45) is 11.7 Å². The maximum atomic E-state index is 6.42. The van der Waals surface area contributed by atoms with Crippen LogP contribution < -0.4 is 19.9 Å². The maximum absolute atomic E-state index is 6.42. The Morgan fingerprint density at radius 3 is 2.16 bits per heavy atom. The Hall–Kier alpha value is -1.42. The Kier molecular flexibility index (Phi) is 4.53. The average molecular weight is 265 g/mol. The second-order valence-corrected chi connectivity index (χ2v) is 4.99. The molecule has 0 aliphatic heterocycles. The third-order valence-electron chi connectivity index (χ3n) is 4.00. The van der Waals surface area contributed by atoms with Crippen LogP contribution in [0.5, 0.6) is 17.2 Å². The van der Waals surface area contributed by atoms with Crippen LogP contribution in [0.25, 0.3) is 0 Å². The van der Waals surface area contributed by atoms with E-state index in [1.807, 2.05) is 12.1 Å². The van der Waals surface area contributed by atoms with Gasteiger partial charge in [0.05, 0.1) is 21.3 Å². The predicted molar refractivity (Wildman–Crippen MR) is 75.0 cm³/mol. The Morgan fingerprint density at radius 1 is 1.00 bits per heavy atom. The SMILES string of the molecule is COc1ccc(C(N)C2CCCC2)c(OC)c1OC. The number of nitrogens with two attached hydrogens (primary N) is 1. The van der Waals surface area contributed by atoms with Crippen LogP contribution in [0.4, 0.5) is 0 Å². The lowest BCUT2D eigenvalue weighted by atomic mass is 9.91. The summed E-state index contributed by atoms with van der Waals surface area (Å²) in [5.41, 5.74) is 7.42. The molecule has 1 saturated carbocycles. The quantitative estimate of drug-likeness (QED) is 0.889. The van der Waals surface area contributed by atoms with Gasteiger partial charge < -0.3 is 19.9 Å². The smallest absolute Gasteiger partial charge is 0.203 e. The molecule has 0 amide bonds. The Balaban J connectivity index is 2.38. The second kappa shape index (κ2) is 6.15. The summed E-state index contributed by atoms with van der Waals surface area (Å²) < 4.78 is 16.2. The normalized spacial score (nSPS) is 17.3. The molecule has 0 bridgehead atoms. The molecule has 106 valence electrons. The van der Waals surface area contributed by atoms with Gasteiger partial charge in [-0.1, -0.05) is 12.8 Å². The molecule has 0 spiro atoms. The fourth-order valence-corrected chi connectivity index (χ4v) is 2.96. The second-order valence-electron chi connectivity index (χ2n) is 4.99. The summed E-state index contributed by atoms with van der Waals surface area (Å²) >= 11 is 0. The molecule has 2 rings (SSSR count). The third-order valence-corrected chi connectivity index (χ3v) is 4.00. The summed E-state index contributed by atoms with van der Waals surface area (Å²) in [5.74, 6) is 2.52. The fourth-order valence-electron chi connectivity index (χ4n) is 2.96. The zero-order valence-corrected chi connectivity index (χ0v) is 11.9. The first-order chi connectivity index (χ1) is 9.22. The molecule has 1 atom stereocenters. The van der Waals surface area contributed by atoms with E-state index in [1.54, 1.807) is 21.3 Å². The highest BCUT2D eigenvalue weighted by Crippen LogP contribution is 2.45. The number of hydrogen-bond acceptors (Lipinski definition) is 4. The van der Waals surface area contributed by atoms with Crippen LogP contribution in [0.1, 0.15) is 37.3 Å². The van der Waals surface area contributed by atoms with Crippen LogP contribution in [0.3, 0.4) is 0 Å². The summed E-state index contributed by atoms with van der Waals surface area (Å²) in [5, 5.41) is 0. The van der Waals surface area contributed by atoms with Gasteiger partial charge in [0.2, 0.25) is 5.75 Å². The average Bonchev–Trinajstić information content (AvgIpc) is 2.98. The van der Waals surface area contributed by atoms with Gasteiger partial charge in [0.15, 0.2) is 11.5 Å². The van der Waals surface area contributed by atoms with E-state index in [-0.39, 0.29) is 6.04 Å². The largest absolute Gasteiger partial charge is 0.493 e. The van der Waals surface area contributed by atoms with Crippen molar-refractivity contribution >= 4 is 0 Å². The summed E-state index contributed by atoms with van der Waals surface area (Å²) in [7, 11) is 4.88. The monoisotopic (exact) mass is 265 g/mol. The van der Waals surface area contributed by atoms with Crippen molar-refractivity contribution in [3.63, 3.8) is 0 Å². The van der Waals surface area contributed by atoms with Crippen LogP contribution in [-0.2, 0) is 0 Å². The van der Waals surface area contributed by atoms with Crippen molar-refractivity contribution in [1.82, 2.24) is 0 Å². The van der Waals surface area contributed by atoms with Crippen molar-refractivity contribution in [1.29, 1.82) is 0 Å². The molecule has 0 saturated heterocycles. The molecule has 1 aromatic carbocycles. The van der Waals surface area contributed by atoms with Crippen LogP contribution >= 0.6 is 0 Å². The molecule has 4 nitrogen and oxygen atoms in total. The van der Waals surface area contributed by atoms with E-state index in [4.69, 9.17) is 19.9 Å². The lowest BCUT2D eigenvalue weighted by Gasteiger charge is -2.23. The number of hydrogen-bond donors (Lipinski definition) is 1. The first-order valence-corrected chi connectivity index (χ1v) is 6.77. The van der Waals surface area contributed by atoms with E-state index in [0.717, 1.165) is 5.56 Å². The van der Waals surface area contributed by atoms with Gasteiger partial charge in [0.1, 0.15) is 0 Å². The van der Waals surface area contributed by atoms with Crippen LogP contribution in [0, 0.1) is 5.92 Å².